The van der Waals surface area contributed by atoms with Gasteiger partial charge in [-0.3, -0.25) is 9.48 Å². The maximum absolute atomic E-state index is 11.8. The zero-order valence-electron chi connectivity index (χ0n) is 11.1. The van der Waals surface area contributed by atoms with E-state index in [-0.39, 0.29) is 11.5 Å². The number of rotatable bonds is 5. The van der Waals surface area contributed by atoms with Gasteiger partial charge in [-0.05, 0) is 6.42 Å². The molecule has 0 aliphatic rings. The smallest absolute Gasteiger partial charge is 0.374 e. The van der Waals surface area contributed by atoms with Crippen molar-refractivity contribution in [1.82, 2.24) is 20.3 Å². The van der Waals surface area contributed by atoms with E-state index in [1.165, 1.54) is 0 Å². The lowest BCUT2D eigenvalue weighted by Gasteiger charge is -2.01. The zero-order valence-corrected chi connectivity index (χ0v) is 11.1. The van der Waals surface area contributed by atoms with Gasteiger partial charge in [0.15, 0.2) is 5.69 Å². The summed E-state index contributed by atoms with van der Waals surface area (Å²) in [7, 11) is 1.81. The molecule has 0 saturated heterocycles. The summed E-state index contributed by atoms with van der Waals surface area (Å²) in [6.07, 6.45) is 2.59. The number of hydrogen-bond acceptors (Lipinski definition) is 5. The summed E-state index contributed by atoms with van der Waals surface area (Å²) < 4.78 is 6.20. The van der Waals surface area contributed by atoms with Gasteiger partial charge in [-0.25, -0.2) is 4.79 Å². The Bertz CT molecular complexity index is 644. The Labute approximate surface area is 114 Å². The van der Waals surface area contributed by atoms with E-state index in [9.17, 15) is 9.59 Å². The summed E-state index contributed by atoms with van der Waals surface area (Å²) in [6, 6.07) is 1.08. The van der Waals surface area contributed by atoms with E-state index in [0.29, 0.717) is 6.54 Å². The van der Waals surface area contributed by atoms with Crippen molar-refractivity contribution in [2.45, 2.75) is 19.9 Å². The van der Waals surface area contributed by atoms with Crippen LogP contribution in [0.15, 0.2) is 16.8 Å². The number of carboxylic acid groups (broad SMARTS) is 1. The molecule has 0 aliphatic carbocycles. The highest BCUT2D eigenvalue weighted by Crippen LogP contribution is 2.08. The van der Waals surface area contributed by atoms with Crippen molar-refractivity contribution < 1.29 is 19.2 Å². The first kappa shape index (κ1) is 13.8. The van der Waals surface area contributed by atoms with Crippen molar-refractivity contribution in [3.8, 4) is 0 Å². The van der Waals surface area contributed by atoms with Crippen LogP contribution in [0.2, 0.25) is 0 Å². The number of nitrogens with zero attached hydrogens (tertiary/aromatic N) is 3. The standard InChI is InChI=1S/C12H14N4O4/c1-3-8-7(6-16(2)14-8)5-13-11(17)9-4-10(12(18)19)20-15-9/h4,6H,3,5H2,1-2H3,(H,13,17)(H,18,19). The molecule has 8 nitrogen and oxygen atoms in total. The van der Waals surface area contributed by atoms with Crippen LogP contribution in [0.1, 0.15) is 39.2 Å². The van der Waals surface area contributed by atoms with Crippen molar-refractivity contribution in [3.05, 3.63) is 35.0 Å². The summed E-state index contributed by atoms with van der Waals surface area (Å²) in [5.41, 5.74) is 1.74. The lowest BCUT2D eigenvalue weighted by atomic mass is 10.2. The van der Waals surface area contributed by atoms with Crippen molar-refractivity contribution in [3.63, 3.8) is 0 Å². The largest absolute Gasteiger partial charge is 0.475 e. The average molecular weight is 278 g/mol. The van der Waals surface area contributed by atoms with Gasteiger partial charge in [0.05, 0.1) is 5.69 Å². The molecule has 20 heavy (non-hydrogen) atoms. The number of carbonyl (C=O) groups excluding carboxylic acids is 1. The van der Waals surface area contributed by atoms with Crippen LogP contribution in [0.25, 0.3) is 0 Å². The molecule has 0 atom stereocenters. The highest BCUT2D eigenvalue weighted by atomic mass is 16.5. The number of aryl methyl sites for hydroxylation is 2. The molecule has 2 aromatic heterocycles. The summed E-state index contributed by atoms with van der Waals surface area (Å²) in [4.78, 5) is 22.4. The molecule has 0 bridgehead atoms. The predicted octanol–water partition coefficient (Wildman–Crippen LogP) is 0.599. The first-order valence-corrected chi connectivity index (χ1v) is 6.00. The van der Waals surface area contributed by atoms with Gasteiger partial charge in [0.2, 0.25) is 5.76 Å². The van der Waals surface area contributed by atoms with Gasteiger partial charge >= 0.3 is 5.97 Å². The maximum atomic E-state index is 11.8. The van der Waals surface area contributed by atoms with Crippen LogP contribution >= 0.6 is 0 Å². The van der Waals surface area contributed by atoms with Gasteiger partial charge in [-0.15, -0.1) is 0 Å². The molecule has 2 heterocycles. The molecule has 0 fully saturated rings. The molecular weight excluding hydrogens is 264 g/mol. The molecular formula is C12H14N4O4. The summed E-state index contributed by atoms with van der Waals surface area (Å²) in [5, 5.41) is 19.0. The molecule has 8 heteroatoms. The Kier molecular flexibility index (Phi) is 3.83. The lowest BCUT2D eigenvalue weighted by molar-refractivity contribution is 0.0651. The third kappa shape index (κ3) is 2.85. The van der Waals surface area contributed by atoms with Crippen LogP contribution in [0.5, 0.6) is 0 Å². The summed E-state index contributed by atoms with van der Waals surface area (Å²) in [5.74, 6) is -2.13. The monoisotopic (exact) mass is 278 g/mol. The van der Waals surface area contributed by atoms with Crippen LogP contribution in [0.4, 0.5) is 0 Å². The lowest BCUT2D eigenvalue weighted by Crippen LogP contribution is -2.23. The van der Waals surface area contributed by atoms with Crippen LogP contribution < -0.4 is 5.32 Å². The fraction of sp³-hybridized carbons (Fsp3) is 0.333. The Morgan fingerprint density at radius 3 is 2.85 bits per heavy atom. The fourth-order valence-corrected chi connectivity index (χ4v) is 1.78. The number of aromatic carboxylic acids is 1. The minimum atomic E-state index is -1.27. The minimum absolute atomic E-state index is 0.0654. The highest BCUT2D eigenvalue weighted by molar-refractivity contribution is 5.94. The van der Waals surface area contributed by atoms with E-state index in [1.807, 2.05) is 13.1 Å². The number of amides is 1. The second-order valence-corrected chi connectivity index (χ2v) is 4.19. The van der Waals surface area contributed by atoms with Crippen LogP contribution in [-0.4, -0.2) is 31.9 Å². The number of nitrogens with one attached hydrogen (secondary N) is 1. The third-order valence-electron chi connectivity index (χ3n) is 2.72. The number of carboxylic acids is 1. The van der Waals surface area contributed by atoms with Crippen LogP contribution in [-0.2, 0) is 20.0 Å². The normalized spacial score (nSPS) is 10.5. The van der Waals surface area contributed by atoms with Crippen molar-refractivity contribution in [1.29, 1.82) is 0 Å². The third-order valence-corrected chi connectivity index (χ3v) is 2.72. The van der Waals surface area contributed by atoms with Gasteiger partial charge < -0.3 is 14.9 Å². The number of carbonyl (C=O) groups is 2. The van der Waals surface area contributed by atoms with Gasteiger partial charge in [-0.2, -0.15) is 5.10 Å². The second-order valence-electron chi connectivity index (χ2n) is 4.19. The molecule has 2 N–H and O–H groups in total. The van der Waals surface area contributed by atoms with Gasteiger partial charge in [0.1, 0.15) is 0 Å². The van der Waals surface area contributed by atoms with Gasteiger partial charge in [-0.1, -0.05) is 12.1 Å². The second kappa shape index (κ2) is 5.55. The highest BCUT2D eigenvalue weighted by Gasteiger charge is 2.17. The molecule has 0 aromatic carbocycles. The molecule has 0 saturated carbocycles. The molecule has 1 amide bonds. The van der Waals surface area contributed by atoms with E-state index in [1.54, 1.807) is 11.7 Å². The molecule has 0 radical (unpaired) electrons. The van der Waals surface area contributed by atoms with Crippen LogP contribution in [0.3, 0.4) is 0 Å². The van der Waals surface area contributed by atoms with Crippen molar-refractivity contribution >= 4 is 11.9 Å². The molecule has 106 valence electrons. The van der Waals surface area contributed by atoms with E-state index >= 15 is 0 Å². The van der Waals surface area contributed by atoms with Gasteiger partial charge in [0, 0.05) is 31.4 Å². The van der Waals surface area contributed by atoms with Crippen molar-refractivity contribution in [2.75, 3.05) is 0 Å². The first-order valence-electron chi connectivity index (χ1n) is 6.00. The summed E-state index contributed by atoms with van der Waals surface area (Å²) >= 11 is 0. The topological polar surface area (TPSA) is 110 Å². The number of hydrogen-bond donors (Lipinski definition) is 2. The van der Waals surface area contributed by atoms with E-state index in [2.05, 4.69) is 20.1 Å². The Hall–Kier alpha value is -2.64. The fourth-order valence-electron chi connectivity index (χ4n) is 1.78. The maximum Gasteiger partial charge on any atom is 0.374 e. The number of aromatic nitrogens is 3. The van der Waals surface area contributed by atoms with Crippen molar-refractivity contribution in [2.24, 2.45) is 7.05 Å². The molecule has 2 rings (SSSR count). The summed E-state index contributed by atoms with van der Waals surface area (Å²) in [6.45, 7) is 2.27. The van der Waals surface area contributed by atoms with E-state index < -0.39 is 11.9 Å². The Morgan fingerprint density at radius 1 is 1.50 bits per heavy atom. The SMILES string of the molecule is CCc1nn(C)cc1CNC(=O)c1cc(C(=O)O)on1. The van der Waals surface area contributed by atoms with Gasteiger partial charge in [0.25, 0.3) is 5.91 Å². The predicted molar refractivity (Wildman–Crippen MR) is 67.2 cm³/mol. The van der Waals surface area contributed by atoms with E-state index in [0.717, 1.165) is 23.7 Å². The Morgan fingerprint density at radius 2 is 2.25 bits per heavy atom. The molecule has 0 spiro atoms. The first-order chi connectivity index (χ1) is 9.51. The minimum Gasteiger partial charge on any atom is -0.475 e. The molecule has 2 aromatic rings. The van der Waals surface area contributed by atoms with Crippen LogP contribution in [0, 0.1) is 0 Å². The quantitative estimate of drug-likeness (QED) is 0.828. The Balaban J connectivity index is 2.02. The molecule has 0 unspecified atom stereocenters. The zero-order chi connectivity index (χ0) is 14.7. The van der Waals surface area contributed by atoms with E-state index in [4.69, 9.17) is 5.11 Å². The molecule has 0 aliphatic heterocycles. The average Bonchev–Trinajstić information content (AvgIpc) is 3.02.